The predicted octanol–water partition coefficient (Wildman–Crippen LogP) is 4.12. The molecule has 3 nitrogen and oxygen atoms in total. The van der Waals surface area contributed by atoms with Crippen molar-refractivity contribution in [2.75, 3.05) is 7.11 Å². The Morgan fingerprint density at radius 3 is 2.33 bits per heavy atom. The smallest absolute Gasteiger partial charge is 0.120 e. The molecule has 0 aliphatic heterocycles. The van der Waals surface area contributed by atoms with Crippen molar-refractivity contribution in [1.29, 1.82) is 0 Å². The van der Waals surface area contributed by atoms with Crippen LogP contribution in [0.5, 0.6) is 11.5 Å². The van der Waals surface area contributed by atoms with Crippen molar-refractivity contribution in [3.8, 4) is 11.5 Å². The van der Waals surface area contributed by atoms with Crippen molar-refractivity contribution < 1.29 is 9.84 Å². The summed E-state index contributed by atoms with van der Waals surface area (Å²) in [6.07, 6.45) is 0. The van der Waals surface area contributed by atoms with Gasteiger partial charge in [0.2, 0.25) is 0 Å². The second kappa shape index (κ2) is 6.64. The Morgan fingerprint density at radius 2 is 1.67 bits per heavy atom. The summed E-state index contributed by atoms with van der Waals surface area (Å²) < 4.78 is 5.23. The van der Waals surface area contributed by atoms with Crippen molar-refractivity contribution in [3.05, 3.63) is 59.2 Å². The largest absolute Gasteiger partial charge is 0.508 e. The van der Waals surface area contributed by atoms with Gasteiger partial charge in [-0.15, -0.1) is 0 Å². The standard InChI is InChI=1S/C18H23NO2/c1-12-7-5-6-8-16(12)13(2)19-14(3)17-11-15(21-4)9-10-18(17)20/h5-11,13-14,19-20H,1-4H3/t13-,14?/m1/s1. The minimum absolute atomic E-state index is 0.0229. The molecule has 3 heteroatoms. The first-order chi connectivity index (χ1) is 10.0. The third-order valence-corrected chi connectivity index (χ3v) is 3.86. The van der Waals surface area contributed by atoms with Crippen LogP contribution in [0.4, 0.5) is 0 Å². The molecular formula is C18H23NO2. The topological polar surface area (TPSA) is 41.5 Å². The van der Waals surface area contributed by atoms with E-state index in [2.05, 4.69) is 31.3 Å². The van der Waals surface area contributed by atoms with E-state index in [1.54, 1.807) is 19.2 Å². The highest BCUT2D eigenvalue weighted by Crippen LogP contribution is 2.30. The minimum Gasteiger partial charge on any atom is -0.508 e. The van der Waals surface area contributed by atoms with Gasteiger partial charge in [0, 0.05) is 17.6 Å². The summed E-state index contributed by atoms with van der Waals surface area (Å²) in [7, 11) is 1.63. The zero-order chi connectivity index (χ0) is 15.4. The molecule has 0 aliphatic carbocycles. The number of aromatic hydroxyl groups is 1. The third-order valence-electron chi connectivity index (χ3n) is 3.86. The van der Waals surface area contributed by atoms with E-state index in [0.717, 1.165) is 11.3 Å². The SMILES string of the molecule is COc1ccc(O)c(C(C)N[C@H](C)c2ccccc2C)c1. The second-order valence-corrected chi connectivity index (χ2v) is 5.39. The van der Waals surface area contributed by atoms with E-state index >= 15 is 0 Å². The van der Waals surface area contributed by atoms with Crippen LogP contribution in [-0.2, 0) is 0 Å². The molecule has 0 fully saturated rings. The Morgan fingerprint density at radius 1 is 1.00 bits per heavy atom. The Balaban J connectivity index is 2.18. The van der Waals surface area contributed by atoms with Crippen molar-refractivity contribution >= 4 is 0 Å². The fourth-order valence-electron chi connectivity index (χ4n) is 2.63. The monoisotopic (exact) mass is 285 g/mol. The first-order valence-electron chi connectivity index (χ1n) is 7.21. The van der Waals surface area contributed by atoms with E-state index in [9.17, 15) is 5.11 Å². The van der Waals surface area contributed by atoms with Gasteiger partial charge in [0.15, 0.2) is 0 Å². The molecule has 0 heterocycles. The molecule has 21 heavy (non-hydrogen) atoms. The maximum absolute atomic E-state index is 10.0. The fourth-order valence-corrected chi connectivity index (χ4v) is 2.63. The number of rotatable bonds is 5. The summed E-state index contributed by atoms with van der Waals surface area (Å²) in [6.45, 7) is 6.29. The van der Waals surface area contributed by atoms with E-state index in [4.69, 9.17) is 4.74 Å². The highest BCUT2D eigenvalue weighted by Gasteiger charge is 2.16. The number of aryl methyl sites for hydroxylation is 1. The molecule has 2 rings (SSSR count). The number of phenols is 1. The molecule has 0 amide bonds. The van der Waals surface area contributed by atoms with Crippen LogP contribution in [0, 0.1) is 6.92 Å². The van der Waals surface area contributed by atoms with Crippen molar-refractivity contribution in [2.45, 2.75) is 32.9 Å². The molecule has 0 spiro atoms. The van der Waals surface area contributed by atoms with E-state index < -0.39 is 0 Å². The van der Waals surface area contributed by atoms with Crippen LogP contribution in [0.15, 0.2) is 42.5 Å². The Labute approximate surface area is 126 Å². The van der Waals surface area contributed by atoms with Crippen molar-refractivity contribution in [1.82, 2.24) is 5.32 Å². The maximum atomic E-state index is 10.0. The molecule has 2 atom stereocenters. The molecule has 2 aromatic rings. The normalized spacial score (nSPS) is 13.7. The van der Waals surface area contributed by atoms with Crippen LogP contribution >= 0.6 is 0 Å². The molecule has 0 saturated heterocycles. The molecule has 0 radical (unpaired) electrons. The summed E-state index contributed by atoms with van der Waals surface area (Å²) in [5.74, 6) is 1.03. The summed E-state index contributed by atoms with van der Waals surface area (Å²) in [6, 6.07) is 13.9. The number of hydrogen-bond donors (Lipinski definition) is 2. The van der Waals surface area contributed by atoms with Crippen LogP contribution in [0.1, 0.15) is 42.6 Å². The van der Waals surface area contributed by atoms with Crippen molar-refractivity contribution in [3.63, 3.8) is 0 Å². The van der Waals surface area contributed by atoms with E-state index in [0.29, 0.717) is 0 Å². The lowest BCUT2D eigenvalue weighted by Crippen LogP contribution is -2.23. The van der Waals surface area contributed by atoms with Crippen LogP contribution in [0.3, 0.4) is 0 Å². The number of phenolic OH excluding ortho intramolecular Hbond substituents is 1. The van der Waals surface area contributed by atoms with Crippen LogP contribution in [0.2, 0.25) is 0 Å². The maximum Gasteiger partial charge on any atom is 0.120 e. The molecule has 0 aliphatic rings. The van der Waals surface area contributed by atoms with Gasteiger partial charge < -0.3 is 15.2 Å². The first kappa shape index (κ1) is 15.4. The Kier molecular flexibility index (Phi) is 4.86. The van der Waals surface area contributed by atoms with Gasteiger partial charge in [-0.2, -0.15) is 0 Å². The molecule has 1 unspecified atom stereocenters. The van der Waals surface area contributed by atoms with Crippen LogP contribution in [0.25, 0.3) is 0 Å². The molecule has 112 valence electrons. The van der Waals surface area contributed by atoms with Gasteiger partial charge >= 0.3 is 0 Å². The minimum atomic E-state index is 0.0229. The lowest BCUT2D eigenvalue weighted by molar-refractivity contribution is 0.405. The van der Waals surface area contributed by atoms with Gasteiger partial charge in [0.05, 0.1) is 7.11 Å². The molecular weight excluding hydrogens is 262 g/mol. The summed E-state index contributed by atoms with van der Waals surface area (Å²) in [5.41, 5.74) is 3.38. The molecule has 0 saturated carbocycles. The van der Waals surface area contributed by atoms with E-state index in [1.165, 1.54) is 11.1 Å². The predicted molar refractivity (Wildman–Crippen MR) is 85.8 cm³/mol. The fraction of sp³-hybridized carbons (Fsp3) is 0.333. The van der Waals surface area contributed by atoms with E-state index in [-0.39, 0.29) is 17.8 Å². The average Bonchev–Trinajstić information content (AvgIpc) is 2.48. The number of hydrogen-bond acceptors (Lipinski definition) is 3. The van der Waals surface area contributed by atoms with Gasteiger partial charge in [-0.25, -0.2) is 0 Å². The lowest BCUT2D eigenvalue weighted by atomic mass is 10.00. The third kappa shape index (κ3) is 3.56. The highest BCUT2D eigenvalue weighted by molar-refractivity contribution is 5.41. The summed E-state index contributed by atoms with van der Waals surface area (Å²) in [4.78, 5) is 0. The van der Waals surface area contributed by atoms with Gasteiger partial charge in [0.25, 0.3) is 0 Å². The second-order valence-electron chi connectivity index (χ2n) is 5.39. The van der Waals surface area contributed by atoms with Gasteiger partial charge in [-0.3, -0.25) is 0 Å². The van der Waals surface area contributed by atoms with Gasteiger partial charge in [-0.1, -0.05) is 24.3 Å². The van der Waals surface area contributed by atoms with Crippen LogP contribution in [-0.4, -0.2) is 12.2 Å². The van der Waals surface area contributed by atoms with E-state index in [1.807, 2.05) is 25.1 Å². The Bertz CT molecular complexity index is 610. The summed E-state index contributed by atoms with van der Waals surface area (Å²) >= 11 is 0. The number of methoxy groups -OCH3 is 1. The van der Waals surface area contributed by atoms with Gasteiger partial charge in [0.1, 0.15) is 11.5 Å². The van der Waals surface area contributed by atoms with Crippen molar-refractivity contribution in [2.24, 2.45) is 0 Å². The number of benzene rings is 2. The summed E-state index contributed by atoms with van der Waals surface area (Å²) in [5, 5.41) is 13.6. The Hall–Kier alpha value is -2.00. The zero-order valence-corrected chi connectivity index (χ0v) is 13.1. The first-order valence-corrected chi connectivity index (χ1v) is 7.21. The highest BCUT2D eigenvalue weighted by atomic mass is 16.5. The molecule has 2 aromatic carbocycles. The molecule has 0 aromatic heterocycles. The lowest BCUT2D eigenvalue weighted by Gasteiger charge is -2.23. The molecule has 0 bridgehead atoms. The van der Waals surface area contributed by atoms with Crippen LogP contribution < -0.4 is 10.1 Å². The molecule has 2 N–H and O–H groups in total. The number of ether oxygens (including phenoxy) is 1. The number of nitrogens with one attached hydrogen (secondary N) is 1. The zero-order valence-electron chi connectivity index (χ0n) is 13.1. The van der Waals surface area contributed by atoms with Gasteiger partial charge in [-0.05, 0) is 50.1 Å². The average molecular weight is 285 g/mol. The quantitative estimate of drug-likeness (QED) is 0.868.